The van der Waals surface area contributed by atoms with E-state index in [1.54, 1.807) is 0 Å². The third-order valence-electron chi connectivity index (χ3n) is 3.52. The van der Waals surface area contributed by atoms with Gasteiger partial charge in [-0.3, -0.25) is 4.79 Å². The normalized spacial score (nSPS) is 15.5. The van der Waals surface area contributed by atoms with Crippen molar-refractivity contribution in [1.29, 1.82) is 0 Å². The van der Waals surface area contributed by atoms with Gasteiger partial charge in [0.15, 0.2) is 11.8 Å². The van der Waals surface area contributed by atoms with E-state index in [0.717, 1.165) is 0 Å². The Hall–Kier alpha value is -2.70. The Balaban J connectivity index is 2.89. The van der Waals surface area contributed by atoms with Crippen LogP contribution >= 0.6 is 0 Å². The van der Waals surface area contributed by atoms with Crippen molar-refractivity contribution in [2.75, 3.05) is 6.61 Å². The van der Waals surface area contributed by atoms with Crippen molar-refractivity contribution in [1.82, 2.24) is 15.8 Å². The molecule has 12 heteroatoms. The first-order valence-electron chi connectivity index (χ1n) is 7.74. The number of carboxylic acid groups (broad SMARTS) is 1. The number of rotatable bonds is 10. The van der Waals surface area contributed by atoms with Crippen molar-refractivity contribution >= 4 is 17.9 Å². The van der Waals surface area contributed by atoms with Crippen molar-refractivity contribution in [3.63, 3.8) is 0 Å². The van der Waals surface area contributed by atoms with Gasteiger partial charge in [0.05, 0.1) is 24.8 Å². The Morgan fingerprint density at radius 1 is 1.35 bits per heavy atom. The van der Waals surface area contributed by atoms with Crippen LogP contribution in [0.25, 0.3) is 0 Å². The summed E-state index contributed by atoms with van der Waals surface area (Å²) in [5, 5.41) is 35.5. The molecule has 26 heavy (non-hydrogen) atoms. The zero-order valence-corrected chi connectivity index (χ0v) is 14.1. The molecule has 4 atom stereocenters. The van der Waals surface area contributed by atoms with E-state index in [1.807, 2.05) is 0 Å². The zero-order chi connectivity index (χ0) is 19.9. The molecule has 0 saturated carbocycles. The minimum Gasteiger partial charge on any atom is -0.480 e. The van der Waals surface area contributed by atoms with Gasteiger partial charge >= 0.3 is 12.0 Å². The highest BCUT2D eigenvalue weighted by Gasteiger charge is 2.25. The van der Waals surface area contributed by atoms with Crippen molar-refractivity contribution in [2.24, 2.45) is 11.5 Å². The van der Waals surface area contributed by atoms with Gasteiger partial charge in [-0.25, -0.2) is 9.59 Å². The molecule has 0 aliphatic rings. The predicted molar refractivity (Wildman–Crippen MR) is 86.5 cm³/mol. The largest absolute Gasteiger partial charge is 0.480 e. The minimum atomic E-state index is -1.50. The zero-order valence-electron chi connectivity index (χ0n) is 14.1. The lowest BCUT2D eigenvalue weighted by Crippen LogP contribution is -2.48. The number of primary amides is 1. The highest BCUT2D eigenvalue weighted by Crippen LogP contribution is 2.22. The summed E-state index contributed by atoms with van der Waals surface area (Å²) in [7, 11) is 0. The van der Waals surface area contributed by atoms with Crippen LogP contribution in [0.5, 0.6) is 0 Å². The molecule has 0 aromatic carbocycles. The number of nitrogens with one attached hydrogen (secondary N) is 2. The van der Waals surface area contributed by atoms with Crippen LogP contribution in [0.4, 0.5) is 4.79 Å². The van der Waals surface area contributed by atoms with Crippen LogP contribution in [0, 0.1) is 0 Å². The van der Waals surface area contributed by atoms with Crippen LogP contribution in [-0.2, 0) is 9.59 Å². The number of aliphatic hydroxyl groups is 2. The molecule has 1 aromatic rings. The van der Waals surface area contributed by atoms with E-state index in [1.165, 1.54) is 13.0 Å². The van der Waals surface area contributed by atoms with Gasteiger partial charge in [-0.15, -0.1) is 0 Å². The second kappa shape index (κ2) is 9.70. The number of hydrogen-bond acceptors (Lipinski definition) is 8. The van der Waals surface area contributed by atoms with Gasteiger partial charge in [0, 0.05) is 12.5 Å². The van der Waals surface area contributed by atoms with Gasteiger partial charge in [-0.05, 0) is 13.3 Å². The molecule has 1 heterocycles. The molecule has 0 fully saturated rings. The van der Waals surface area contributed by atoms with E-state index in [2.05, 4.69) is 15.8 Å². The quantitative estimate of drug-likeness (QED) is 0.243. The van der Waals surface area contributed by atoms with Crippen LogP contribution in [0.15, 0.2) is 10.6 Å². The second-order valence-electron chi connectivity index (χ2n) is 5.67. The molecule has 0 spiro atoms. The summed E-state index contributed by atoms with van der Waals surface area (Å²) >= 11 is 0. The van der Waals surface area contributed by atoms with Crippen LogP contribution in [0.2, 0.25) is 0 Å². The first-order chi connectivity index (χ1) is 12.1. The van der Waals surface area contributed by atoms with E-state index in [9.17, 15) is 19.5 Å². The van der Waals surface area contributed by atoms with Crippen LogP contribution < -0.4 is 22.1 Å². The Bertz CT molecular complexity index is 633. The van der Waals surface area contributed by atoms with Gasteiger partial charge < -0.3 is 41.9 Å². The van der Waals surface area contributed by atoms with Crippen molar-refractivity contribution < 1.29 is 34.2 Å². The summed E-state index contributed by atoms with van der Waals surface area (Å²) in [4.78, 5) is 33.8. The van der Waals surface area contributed by atoms with E-state index < -0.39 is 48.7 Å². The van der Waals surface area contributed by atoms with Crippen LogP contribution in [0.3, 0.4) is 0 Å². The van der Waals surface area contributed by atoms with E-state index in [-0.39, 0.29) is 24.3 Å². The maximum Gasteiger partial charge on any atom is 0.328 e. The number of nitrogens with two attached hydrogens (primary N) is 2. The number of carboxylic acids is 1. The molecule has 146 valence electrons. The third-order valence-corrected chi connectivity index (χ3v) is 3.52. The molecular formula is C14H23N5O7. The number of amides is 3. The lowest BCUT2D eigenvalue weighted by atomic mass is 10.1. The summed E-state index contributed by atoms with van der Waals surface area (Å²) in [5.74, 6) is -1.86. The molecule has 9 N–H and O–H groups in total. The fourth-order valence-corrected chi connectivity index (χ4v) is 1.99. The number of aliphatic hydroxyl groups excluding tert-OH is 2. The molecular weight excluding hydrogens is 350 g/mol. The molecule has 0 aliphatic heterocycles. The van der Waals surface area contributed by atoms with Crippen LogP contribution in [0.1, 0.15) is 43.3 Å². The number of hydrogen-bond donors (Lipinski definition) is 7. The second-order valence-corrected chi connectivity index (χ2v) is 5.67. The molecule has 12 nitrogen and oxygen atoms in total. The first-order valence-corrected chi connectivity index (χ1v) is 7.74. The maximum absolute atomic E-state index is 12.0. The van der Waals surface area contributed by atoms with Crippen molar-refractivity contribution in [2.45, 2.75) is 44.0 Å². The number of nitrogens with zero attached hydrogens (tertiary/aromatic N) is 1. The van der Waals surface area contributed by atoms with Gasteiger partial charge in [0.2, 0.25) is 5.91 Å². The Kier molecular flexibility index (Phi) is 7.96. The minimum absolute atomic E-state index is 0.0650. The topological polar surface area (TPSA) is 214 Å². The standard InChI is InChI=1S/C14H23N5O7/c1-6(21)12(16)10-4-8(19-26-10)7(2-3-11(15)22)17-14(25)18-9(5-20)13(23)24/h4,6-7,9,12,20-21H,2-3,5,16H2,1H3,(H2,15,22)(H,23,24)(H2,17,18,25)/t6-,7-,9?,12+/m1/s1. The van der Waals surface area contributed by atoms with Gasteiger partial charge in [0.1, 0.15) is 5.69 Å². The van der Waals surface area contributed by atoms with Gasteiger partial charge in [0.25, 0.3) is 0 Å². The molecule has 3 amide bonds. The molecule has 0 saturated heterocycles. The average Bonchev–Trinajstić information content (AvgIpc) is 3.04. The molecule has 1 rings (SSSR count). The summed E-state index contributed by atoms with van der Waals surface area (Å²) < 4.78 is 5.04. The number of carbonyl (C=O) groups excluding carboxylic acids is 2. The van der Waals surface area contributed by atoms with E-state index in [0.29, 0.717) is 0 Å². The monoisotopic (exact) mass is 373 g/mol. The first kappa shape index (κ1) is 21.3. The number of aliphatic carboxylic acids is 1. The Labute approximate surface area is 148 Å². The fraction of sp³-hybridized carbons (Fsp3) is 0.571. The lowest BCUT2D eigenvalue weighted by Gasteiger charge is -2.18. The van der Waals surface area contributed by atoms with Crippen molar-refractivity contribution in [3.05, 3.63) is 17.5 Å². The lowest BCUT2D eigenvalue weighted by molar-refractivity contribution is -0.140. The van der Waals surface area contributed by atoms with E-state index >= 15 is 0 Å². The number of aromatic nitrogens is 1. The Morgan fingerprint density at radius 2 is 2.00 bits per heavy atom. The summed E-state index contributed by atoms with van der Waals surface area (Å²) in [6.45, 7) is 0.663. The van der Waals surface area contributed by atoms with Gasteiger partial charge in [-0.1, -0.05) is 5.16 Å². The third kappa shape index (κ3) is 6.31. The SMILES string of the molecule is C[C@@H](O)[C@H](N)c1cc([C@@H](CCC(N)=O)NC(=O)NC(CO)C(=O)O)no1. The summed E-state index contributed by atoms with van der Waals surface area (Å²) in [5.41, 5.74) is 11.1. The molecule has 0 bridgehead atoms. The average molecular weight is 373 g/mol. The number of carbonyl (C=O) groups is 3. The predicted octanol–water partition coefficient (Wildman–Crippen LogP) is -1.89. The highest BCUT2D eigenvalue weighted by molar-refractivity contribution is 5.82. The van der Waals surface area contributed by atoms with Gasteiger partial charge in [-0.2, -0.15) is 0 Å². The Morgan fingerprint density at radius 3 is 2.50 bits per heavy atom. The molecule has 1 unspecified atom stereocenters. The molecule has 1 aromatic heterocycles. The maximum atomic E-state index is 12.0. The summed E-state index contributed by atoms with van der Waals surface area (Å²) in [6, 6.07) is -2.67. The fourth-order valence-electron chi connectivity index (χ4n) is 1.99. The smallest absolute Gasteiger partial charge is 0.328 e. The van der Waals surface area contributed by atoms with E-state index in [4.69, 9.17) is 26.2 Å². The molecule has 0 aliphatic carbocycles. The summed E-state index contributed by atoms with van der Waals surface area (Å²) in [6.07, 6.45) is -0.926. The van der Waals surface area contributed by atoms with Crippen molar-refractivity contribution in [3.8, 4) is 0 Å². The highest BCUT2D eigenvalue weighted by atomic mass is 16.5. The number of urea groups is 1. The molecule has 0 radical (unpaired) electrons. The van der Waals surface area contributed by atoms with Crippen LogP contribution in [-0.4, -0.2) is 57.1 Å².